The summed E-state index contributed by atoms with van der Waals surface area (Å²) in [6, 6.07) is 11.4. The molecule has 0 aliphatic carbocycles. The van der Waals surface area contributed by atoms with Crippen molar-refractivity contribution >= 4 is 51.0 Å². The van der Waals surface area contributed by atoms with E-state index in [1.807, 2.05) is 6.92 Å². The number of anilines is 2. The lowest BCUT2D eigenvalue weighted by atomic mass is 10.2. The van der Waals surface area contributed by atoms with Crippen molar-refractivity contribution in [1.82, 2.24) is 10.3 Å². The fourth-order valence-corrected chi connectivity index (χ4v) is 4.20. The Labute approximate surface area is 200 Å². The molecule has 0 saturated heterocycles. The fourth-order valence-electron chi connectivity index (χ4n) is 2.76. The maximum Gasteiger partial charge on any atom is 0.417 e. The molecule has 0 unspecified atom stereocenters. The van der Waals surface area contributed by atoms with Gasteiger partial charge in [0.1, 0.15) is 5.69 Å². The number of aromatic nitrogens is 1. The van der Waals surface area contributed by atoms with E-state index in [1.54, 1.807) is 30.3 Å². The van der Waals surface area contributed by atoms with Crippen LogP contribution in [0.4, 0.5) is 29.3 Å². The number of urea groups is 1. The molecule has 0 bridgehead atoms. The summed E-state index contributed by atoms with van der Waals surface area (Å²) in [5, 5.41) is 7.55. The molecule has 0 radical (unpaired) electrons. The first kappa shape index (κ1) is 24.6. The molecular weight excluding hydrogens is 521 g/mol. The number of amides is 3. The van der Waals surface area contributed by atoms with Gasteiger partial charge in [0.25, 0.3) is 5.91 Å². The highest BCUT2D eigenvalue weighted by Gasteiger charge is 2.33. The summed E-state index contributed by atoms with van der Waals surface area (Å²) in [6.07, 6.45) is -3.02. The van der Waals surface area contributed by atoms with Gasteiger partial charge in [-0.15, -0.1) is 0 Å². The van der Waals surface area contributed by atoms with Crippen molar-refractivity contribution in [3.05, 3.63) is 76.0 Å². The Morgan fingerprint density at radius 2 is 1.67 bits per heavy atom. The monoisotopic (exact) mass is 538 g/mol. The molecule has 0 aliphatic rings. The van der Waals surface area contributed by atoms with Crippen molar-refractivity contribution in [2.45, 2.75) is 22.9 Å². The zero-order valence-corrected chi connectivity index (χ0v) is 19.8. The van der Waals surface area contributed by atoms with E-state index >= 15 is 0 Å². The van der Waals surface area contributed by atoms with Gasteiger partial charge in [-0.25, -0.2) is 4.79 Å². The van der Waals surface area contributed by atoms with Gasteiger partial charge in [-0.2, -0.15) is 13.2 Å². The van der Waals surface area contributed by atoms with Gasteiger partial charge in [-0.05, 0) is 55.0 Å². The molecule has 0 fully saturated rings. The van der Waals surface area contributed by atoms with Crippen molar-refractivity contribution in [3.63, 3.8) is 0 Å². The van der Waals surface area contributed by atoms with E-state index in [2.05, 4.69) is 36.9 Å². The van der Waals surface area contributed by atoms with E-state index in [-0.39, 0.29) is 21.8 Å². The molecule has 11 heteroatoms. The highest BCUT2D eigenvalue weighted by atomic mass is 79.9. The van der Waals surface area contributed by atoms with Gasteiger partial charge in [-0.1, -0.05) is 33.8 Å². The van der Waals surface area contributed by atoms with Gasteiger partial charge in [0, 0.05) is 38.9 Å². The Morgan fingerprint density at radius 1 is 1.00 bits per heavy atom. The third kappa shape index (κ3) is 6.48. The summed E-state index contributed by atoms with van der Waals surface area (Å²) >= 11 is 4.25. The predicted molar refractivity (Wildman–Crippen MR) is 125 cm³/mol. The summed E-state index contributed by atoms with van der Waals surface area (Å²) < 4.78 is 39.1. The van der Waals surface area contributed by atoms with Gasteiger partial charge in [0.2, 0.25) is 0 Å². The first-order valence-electron chi connectivity index (χ1n) is 9.48. The second kappa shape index (κ2) is 10.3. The standard InChI is InChI=1S/C22H18BrF3N4O2S/c1-12-3-4-14(10-19(12)33-15-7-8-28-18(11-15)20(31)27-2)30-21(32)29-13-5-6-17(23)16(9-13)22(24,25)26/h3-11H,1-2H3,(H,27,31)(H2,29,30,32). The largest absolute Gasteiger partial charge is 0.417 e. The lowest BCUT2D eigenvalue weighted by molar-refractivity contribution is -0.138. The second-order valence-corrected chi connectivity index (χ2v) is 8.78. The zero-order valence-electron chi connectivity index (χ0n) is 17.4. The van der Waals surface area contributed by atoms with Gasteiger partial charge in [0.15, 0.2) is 0 Å². The van der Waals surface area contributed by atoms with E-state index in [9.17, 15) is 22.8 Å². The minimum Gasteiger partial charge on any atom is -0.354 e. The number of carbonyl (C=O) groups excluding carboxylic acids is 2. The third-order valence-electron chi connectivity index (χ3n) is 4.39. The van der Waals surface area contributed by atoms with Crippen LogP contribution in [0.5, 0.6) is 0 Å². The summed E-state index contributed by atoms with van der Waals surface area (Å²) in [5.74, 6) is -0.303. The van der Waals surface area contributed by atoms with Crippen molar-refractivity contribution in [1.29, 1.82) is 0 Å². The average Bonchev–Trinajstić information content (AvgIpc) is 2.76. The fraction of sp³-hybridized carbons (Fsp3) is 0.136. The van der Waals surface area contributed by atoms with Crippen LogP contribution >= 0.6 is 27.7 Å². The van der Waals surface area contributed by atoms with Gasteiger partial charge in [-0.3, -0.25) is 9.78 Å². The number of carbonyl (C=O) groups is 2. The molecule has 3 amide bonds. The van der Waals surface area contributed by atoms with Crippen LogP contribution < -0.4 is 16.0 Å². The minimum atomic E-state index is -4.55. The maximum absolute atomic E-state index is 13.1. The zero-order chi connectivity index (χ0) is 24.2. The molecule has 2 aromatic carbocycles. The van der Waals surface area contributed by atoms with Crippen molar-refractivity contribution in [2.75, 3.05) is 17.7 Å². The number of benzene rings is 2. The Balaban J connectivity index is 1.74. The molecule has 6 nitrogen and oxygen atoms in total. The number of aryl methyl sites for hydroxylation is 1. The first-order chi connectivity index (χ1) is 15.6. The van der Waals surface area contributed by atoms with Crippen molar-refractivity contribution < 1.29 is 22.8 Å². The van der Waals surface area contributed by atoms with Crippen LogP contribution in [0.1, 0.15) is 21.6 Å². The van der Waals surface area contributed by atoms with Gasteiger partial charge in [0.05, 0.1) is 5.56 Å². The van der Waals surface area contributed by atoms with E-state index in [0.717, 1.165) is 21.4 Å². The predicted octanol–water partition coefficient (Wildman–Crippen LogP) is 6.33. The highest BCUT2D eigenvalue weighted by Crippen LogP contribution is 2.36. The van der Waals surface area contributed by atoms with Crippen LogP contribution in [0.25, 0.3) is 0 Å². The van der Waals surface area contributed by atoms with Crippen molar-refractivity contribution in [2.24, 2.45) is 0 Å². The molecule has 33 heavy (non-hydrogen) atoms. The number of hydrogen-bond donors (Lipinski definition) is 3. The maximum atomic E-state index is 13.1. The van der Waals surface area contributed by atoms with Crippen molar-refractivity contribution in [3.8, 4) is 0 Å². The van der Waals surface area contributed by atoms with Gasteiger partial charge < -0.3 is 16.0 Å². The second-order valence-electron chi connectivity index (χ2n) is 6.81. The molecule has 3 N–H and O–H groups in total. The number of nitrogens with zero attached hydrogens (tertiary/aromatic N) is 1. The molecule has 172 valence electrons. The van der Waals surface area contributed by atoms with Crippen LogP contribution in [-0.4, -0.2) is 24.0 Å². The molecule has 0 aliphatic heterocycles. The number of pyridine rings is 1. The van der Waals surface area contributed by atoms with Crippen LogP contribution in [0.2, 0.25) is 0 Å². The lowest BCUT2D eigenvalue weighted by Crippen LogP contribution is -2.20. The highest BCUT2D eigenvalue weighted by molar-refractivity contribution is 9.10. The number of halogens is 4. The van der Waals surface area contributed by atoms with E-state index in [0.29, 0.717) is 5.69 Å². The Bertz CT molecular complexity index is 1200. The molecule has 0 saturated carbocycles. The Kier molecular flexibility index (Phi) is 7.65. The normalized spacial score (nSPS) is 11.1. The summed E-state index contributed by atoms with van der Waals surface area (Å²) in [6.45, 7) is 1.90. The minimum absolute atomic E-state index is 0.00301. The van der Waals surface area contributed by atoms with Crippen LogP contribution in [0.3, 0.4) is 0 Å². The molecule has 0 atom stereocenters. The number of nitrogens with one attached hydrogen (secondary N) is 3. The van der Waals surface area contributed by atoms with Crippen LogP contribution in [0, 0.1) is 6.92 Å². The van der Waals surface area contributed by atoms with Gasteiger partial charge >= 0.3 is 12.2 Å². The molecule has 0 spiro atoms. The summed E-state index contributed by atoms with van der Waals surface area (Å²) in [7, 11) is 1.52. The van der Waals surface area contributed by atoms with E-state index < -0.39 is 17.8 Å². The lowest BCUT2D eigenvalue weighted by Gasteiger charge is -2.13. The SMILES string of the molecule is CNC(=O)c1cc(Sc2cc(NC(=O)Nc3ccc(Br)c(C(F)(F)F)c3)ccc2C)ccn1. The molecule has 3 aromatic rings. The van der Waals surface area contributed by atoms with E-state index in [1.165, 1.54) is 37.1 Å². The summed E-state index contributed by atoms with van der Waals surface area (Å²) in [4.78, 5) is 29.8. The third-order valence-corrected chi connectivity index (χ3v) is 6.24. The smallest absolute Gasteiger partial charge is 0.354 e. The topological polar surface area (TPSA) is 83.1 Å². The quantitative estimate of drug-likeness (QED) is 0.354. The Hall–Kier alpha value is -3.05. The summed E-state index contributed by atoms with van der Waals surface area (Å²) in [5.41, 5.74) is 0.786. The van der Waals surface area contributed by atoms with E-state index in [4.69, 9.17) is 0 Å². The number of hydrogen-bond acceptors (Lipinski definition) is 4. The Morgan fingerprint density at radius 3 is 2.33 bits per heavy atom. The molecule has 1 aromatic heterocycles. The average molecular weight is 539 g/mol. The first-order valence-corrected chi connectivity index (χ1v) is 11.1. The molecule has 3 rings (SSSR count). The molecular formula is C22H18BrF3N4O2S. The number of rotatable bonds is 5. The van der Waals surface area contributed by atoms with Crippen LogP contribution in [0.15, 0.2) is 69.0 Å². The number of alkyl halides is 3. The molecule has 1 heterocycles. The van der Waals surface area contributed by atoms with Crippen LogP contribution in [-0.2, 0) is 6.18 Å².